The molecule has 0 radical (unpaired) electrons. The lowest BCUT2D eigenvalue weighted by Gasteiger charge is -2.31. The minimum absolute atomic E-state index is 0.0909. The van der Waals surface area contributed by atoms with Gasteiger partial charge < -0.3 is 14.2 Å². The van der Waals surface area contributed by atoms with E-state index >= 15 is 0 Å². The molecule has 5 nitrogen and oxygen atoms in total. The van der Waals surface area contributed by atoms with Crippen molar-refractivity contribution in [3.05, 3.63) is 40.7 Å². The van der Waals surface area contributed by atoms with Crippen molar-refractivity contribution in [1.29, 1.82) is 0 Å². The van der Waals surface area contributed by atoms with Crippen LogP contribution in [0.4, 0.5) is 0 Å². The lowest BCUT2D eigenvalue weighted by molar-refractivity contribution is -0.132. The second-order valence-corrected chi connectivity index (χ2v) is 7.17. The third-order valence-electron chi connectivity index (χ3n) is 5.42. The number of fused-ring (bicyclic) bond motifs is 1. The Morgan fingerprint density at radius 1 is 1.23 bits per heavy atom. The number of ether oxygens (including phenoxy) is 1. The topological polar surface area (TPSA) is 51.5 Å². The largest absolute Gasteiger partial charge is 0.493 e. The van der Waals surface area contributed by atoms with Crippen LogP contribution < -0.4 is 10.3 Å². The first-order chi connectivity index (χ1) is 12.6. The van der Waals surface area contributed by atoms with Crippen LogP contribution in [0.3, 0.4) is 0 Å². The van der Waals surface area contributed by atoms with E-state index in [1.807, 2.05) is 36.2 Å². The molecule has 0 N–H and O–H groups in total. The number of aromatic nitrogens is 1. The summed E-state index contributed by atoms with van der Waals surface area (Å²) >= 11 is 0. The molecule has 0 unspecified atom stereocenters. The molecule has 1 aromatic carbocycles. The van der Waals surface area contributed by atoms with Crippen LogP contribution in [-0.4, -0.2) is 35.1 Å². The van der Waals surface area contributed by atoms with Gasteiger partial charge in [0, 0.05) is 38.0 Å². The fraction of sp³-hybridized carbons (Fsp3) is 0.524. The van der Waals surface area contributed by atoms with E-state index in [1.54, 1.807) is 11.6 Å². The lowest BCUT2D eigenvalue weighted by Crippen LogP contribution is -2.38. The number of hydrogen-bond acceptors (Lipinski definition) is 3. The maximum Gasteiger partial charge on any atom is 0.254 e. The van der Waals surface area contributed by atoms with E-state index in [4.69, 9.17) is 4.74 Å². The van der Waals surface area contributed by atoms with Crippen LogP contribution in [0.2, 0.25) is 0 Å². The third kappa shape index (κ3) is 4.09. The summed E-state index contributed by atoms with van der Waals surface area (Å²) in [7, 11) is 3.68. The number of benzene rings is 1. The predicted molar refractivity (Wildman–Crippen MR) is 104 cm³/mol. The molecule has 1 fully saturated rings. The molecule has 26 heavy (non-hydrogen) atoms. The highest BCUT2D eigenvalue weighted by Crippen LogP contribution is 2.24. The Balaban J connectivity index is 1.55. The van der Waals surface area contributed by atoms with Crippen LogP contribution in [-0.2, 0) is 11.8 Å². The molecule has 1 aromatic heterocycles. The molecule has 1 aliphatic carbocycles. The average Bonchev–Trinajstić information content (AvgIpc) is 2.68. The standard InChI is InChI=1S/C21H28N2O3/c1-22(16-9-4-3-5-10-16)20(24)13-8-14-26-19-15-21(25)23(2)18-12-7-6-11-17(18)19/h6-7,11-12,15-16H,3-5,8-10,13-14H2,1-2H3. The predicted octanol–water partition coefficient (Wildman–Crippen LogP) is 3.49. The van der Waals surface area contributed by atoms with Gasteiger partial charge in [0.25, 0.3) is 5.56 Å². The van der Waals surface area contributed by atoms with Gasteiger partial charge in [-0.1, -0.05) is 31.4 Å². The van der Waals surface area contributed by atoms with Gasteiger partial charge >= 0.3 is 0 Å². The highest BCUT2D eigenvalue weighted by molar-refractivity contribution is 5.85. The Morgan fingerprint density at radius 2 is 1.96 bits per heavy atom. The number of carbonyl (C=O) groups excluding carboxylic acids is 1. The van der Waals surface area contributed by atoms with Crippen molar-refractivity contribution in [1.82, 2.24) is 9.47 Å². The molecule has 0 atom stereocenters. The first kappa shape index (κ1) is 18.5. The summed E-state index contributed by atoms with van der Waals surface area (Å²) < 4.78 is 7.46. The minimum Gasteiger partial charge on any atom is -0.493 e. The van der Waals surface area contributed by atoms with Gasteiger partial charge in [0.1, 0.15) is 5.75 Å². The van der Waals surface area contributed by atoms with Crippen LogP contribution in [0.1, 0.15) is 44.9 Å². The SMILES string of the molecule is CN(C(=O)CCCOc1cc(=O)n(C)c2ccccc12)C1CCCCC1. The summed E-state index contributed by atoms with van der Waals surface area (Å²) in [5.41, 5.74) is 0.759. The number of aryl methyl sites for hydroxylation is 1. The van der Waals surface area contributed by atoms with Gasteiger partial charge in [-0.05, 0) is 31.4 Å². The zero-order valence-electron chi connectivity index (χ0n) is 15.7. The molecule has 5 heteroatoms. The highest BCUT2D eigenvalue weighted by Gasteiger charge is 2.21. The number of carbonyl (C=O) groups is 1. The molecule has 1 saturated carbocycles. The first-order valence-electron chi connectivity index (χ1n) is 9.55. The highest BCUT2D eigenvalue weighted by atomic mass is 16.5. The van der Waals surface area contributed by atoms with Crippen LogP contribution in [0, 0.1) is 0 Å². The molecule has 0 spiro atoms. The maximum absolute atomic E-state index is 12.4. The van der Waals surface area contributed by atoms with Crippen molar-refractivity contribution in [2.75, 3.05) is 13.7 Å². The Morgan fingerprint density at radius 3 is 2.73 bits per heavy atom. The van der Waals surface area contributed by atoms with Crippen LogP contribution in [0.5, 0.6) is 5.75 Å². The summed E-state index contributed by atoms with van der Waals surface area (Å²) in [4.78, 5) is 26.4. The third-order valence-corrected chi connectivity index (χ3v) is 5.42. The summed E-state index contributed by atoms with van der Waals surface area (Å²) in [5.74, 6) is 0.783. The molecule has 0 bridgehead atoms. The van der Waals surface area contributed by atoms with Crippen LogP contribution in [0.25, 0.3) is 10.9 Å². The molecule has 1 amide bonds. The Bertz CT molecular complexity index is 822. The van der Waals surface area contributed by atoms with Gasteiger partial charge in [-0.3, -0.25) is 9.59 Å². The van der Waals surface area contributed by atoms with Crippen LogP contribution in [0.15, 0.2) is 35.1 Å². The summed E-state index contributed by atoms with van der Waals surface area (Å²) in [6, 6.07) is 9.63. The van der Waals surface area contributed by atoms with Gasteiger partial charge in [0.05, 0.1) is 12.1 Å². The summed E-state index contributed by atoms with van der Waals surface area (Å²) in [6.07, 6.45) is 7.12. The summed E-state index contributed by atoms with van der Waals surface area (Å²) in [6.45, 7) is 0.432. The first-order valence-corrected chi connectivity index (χ1v) is 9.55. The van der Waals surface area contributed by atoms with E-state index in [0.717, 1.165) is 23.7 Å². The average molecular weight is 356 g/mol. The molecule has 0 saturated heterocycles. The molecule has 2 aromatic rings. The minimum atomic E-state index is -0.0909. The van der Waals surface area contributed by atoms with Crippen molar-refractivity contribution >= 4 is 16.8 Å². The van der Waals surface area contributed by atoms with Crippen molar-refractivity contribution in [3.8, 4) is 5.75 Å². The van der Waals surface area contributed by atoms with E-state index in [9.17, 15) is 9.59 Å². The van der Waals surface area contributed by atoms with E-state index in [1.165, 1.54) is 25.3 Å². The van der Waals surface area contributed by atoms with Gasteiger partial charge in [-0.2, -0.15) is 0 Å². The molecule has 1 aliphatic rings. The van der Waals surface area contributed by atoms with Crippen molar-refractivity contribution < 1.29 is 9.53 Å². The van der Waals surface area contributed by atoms with E-state index < -0.39 is 0 Å². The smallest absolute Gasteiger partial charge is 0.254 e. The van der Waals surface area contributed by atoms with Gasteiger partial charge in [0.15, 0.2) is 0 Å². The number of nitrogens with zero attached hydrogens (tertiary/aromatic N) is 2. The molecule has 1 heterocycles. The lowest BCUT2D eigenvalue weighted by atomic mass is 9.94. The van der Waals surface area contributed by atoms with E-state index in [2.05, 4.69) is 0 Å². The zero-order valence-corrected chi connectivity index (χ0v) is 15.7. The molecule has 3 rings (SSSR count). The molecule has 0 aliphatic heterocycles. The maximum atomic E-state index is 12.4. The second kappa shape index (κ2) is 8.39. The van der Waals surface area contributed by atoms with Gasteiger partial charge in [-0.25, -0.2) is 0 Å². The number of hydrogen-bond donors (Lipinski definition) is 0. The number of pyridine rings is 1. The monoisotopic (exact) mass is 356 g/mol. The number of para-hydroxylation sites is 1. The number of amides is 1. The Hall–Kier alpha value is -2.30. The zero-order chi connectivity index (χ0) is 18.5. The van der Waals surface area contributed by atoms with Crippen molar-refractivity contribution in [3.63, 3.8) is 0 Å². The second-order valence-electron chi connectivity index (χ2n) is 7.17. The Kier molecular flexibility index (Phi) is 5.96. The van der Waals surface area contributed by atoms with Gasteiger partial charge in [0.2, 0.25) is 5.91 Å². The Labute approximate surface area is 154 Å². The van der Waals surface area contributed by atoms with E-state index in [-0.39, 0.29) is 11.5 Å². The quantitative estimate of drug-likeness (QED) is 0.745. The van der Waals surface area contributed by atoms with E-state index in [0.29, 0.717) is 31.2 Å². The van der Waals surface area contributed by atoms with Crippen molar-refractivity contribution in [2.24, 2.45) is 7.05 Å². The summed E-state index contributed by atoms with van der Waals surface area (Å²) in [5, 5.41) is 0.917. The van der Waals surface area contributed by atoms with Crippen LogP contribution >= 0.6 is 0 Å². The number of rotatable bonds is 6. The fourth-order valence-corrected chi connectivity index (χ4v) is 3.75. The normalized spacial score (nSPS) is 15.2. The molecule has 140 valence electrons. The molecular weight excluding hydrogens is 328 g/mol. The van der Waals surface area contributed by atoms with Gasteiger partial charge in [-0.15, -0.1) is 0 Å². The van der Waals surface area contributed by atoms with Crippen molar-refractivity contribution in [2.45, 2.75) is 51.0 Å². The molecular formula is C21H28N2O3. The fourth-order valence-electron chi connectivity index (χ4n) is 3.75.